The highest BCUT2D eigenvalue weighted by Crippen LogP contribution is 2.28. The molecule has 0 saturated carbocycles. The van der Waals surface area contributed by atoms with Gasteiger partial charge < -0.3 is 0 Å². The number of para-hydroxylation sites is 1. The summed E-state index contributed by atoms with van der Waals surface area (Å²) in [6.45, 7) is 1.48. The standard InChI is InChI=1S/C18H15N5O2S/c1-13(24)23(16-5-3-2-4-6-16)18-21-15(12-26-18)11-20-22-17(25)14-7-9-19-10-8-14/h2-12H,1H3,(H,22,25)/b20-11-. The Hall–Kier alpha value is -3.39. The molecule has 3 aromatic rings. The maximum Gasteiger partial charge on any atom is 0.271 e. The lowest BCUT2D eigenvalue weighted by Crippen LogP contribution is -2.22. The van der Waals surface area contributed by atoms with Gasteiger partial charge in [0.05, 0.1) is 17.6 Å². The summed E-state index contributed by atoms with van der Waals surface area (Å²) in [7, 11) is 0. The van der Waals surface area contributed by atoms with Crippen LogP contribution in [0, 0.1) is 0 Å². The van der Waals surface area contributed by atoms with Crippen LogP contribution in [0.1, 0.15) is 23.0 Å². The Morgan fingerprint density at radius 2 is 1.88 bits per heavy atom. The first kappa shape index (κ1) is 17.4. The predicted molar refractivity (Wildman–Crippen MR) is 101 cm³/mol. The fraction of sp³-hybridized carbons (Fsp3) is 0.0556. The topological polar surface area (TPSA) is 87.5 Å². The maximum absolute atomic E-state index is 12.0. The number of thiazole rings is 1. The van der Waals surface area contributed by atoms with E-state index < -0.39 is 0 Å². The molecule has 0 aliphatic carbocycles. The second kappa shape index (κ2) is 8.13. The minimum absolute atomic E-state index is 0.139. The molecule has 130 valence electrons. The number of aromatic nitrogens is 2. The van der Waals surface area contributed by atoms with E-state index >= 15 is 0 Å². The van der Waals surface area contributed by atoms with Crippen LogP contribution >= 0.6 is 11.3 Å². The van der Waals surface area contributed by atoms with E-state index in [9.17, 15) is 9.59 Å². The minimum atomic E-state index is -0.339. The number of rotatable bonds is 5. The molecule has 0 atom stereocenters. The van der Waals surface area contributed by atoms with Crippen molar-refractivity contribution in [2.45, 2.75) is 6.92 Å². The largest absolute Gasteiger partial charge is 0.274 e. The smallest absolute Gasteiger partial charge is 0.271 e. The number of nitrogens with one attached hydrogen (secondary N) is 1. The van der Waals surface area contributed by atoms with Crippen molar-refractivity contribution in [3.63, 3.8) is 0 Å². The number of carbonyl (C=O) groups is 2. The Balaban J connectivity index is 1.71. The van der Waals surface area contributed by atoms with Crippen molar-refractivity contribution in [3.05, 3.63) is 71.5 Å². The molecule has 2 aromatic heterocycles. The van der Waals surface area contributed by atoms with Crippen molar-refractivity contribution in [2.24, 2.45) is 5.10 Å². The number of hydrogen-bond acceptors (Lipinski definition) is 6. The van der Waals surface area contributed by atoms with Crippen LogP contribution < -0.4 is 10.3 Å². The molecule has 0 radical (unpaired) electrons. The molecule has 0 fully saturated rings. The number of pyridine rings is 1. The van der Waals surface area contributed by atoms with Gasteiger partial charge in [-0.25, -0.2) is 10.4 Å². The van der Waals surface area contributed by atoms with Crippen LogP contribution in [-0.2, 0) is 4.79 Å². The molecule has 7 nitrogen and oxygen atoms in total. The van der Waals surface area contributed by atoms with Gasteiger partial charge >= 0.3 is 0 Å². The van der Waals surface area contributed by atoms with Crippen molar-refractivity contribution in [3.8, 4) is 0 Å². The molecule has 2 heterocycles. The normalized spacial score (nSPS) is 10.7. The third-order valence-corrected chi connectivity index (χ3v) is 4.18. The molecule has 1 aromatic carbocycles. The Morgan fingerprint density at radius 1 is 1.15 bits per heavy atom. The quantitative estimate of drug-likeness (QED) is 0.556. The van der Waals surface area contributed by atoms with Gasteiger partial charge in [0.15, 0.2) is 5.13 Å². The van der Waals surface area contributed by atoms with Crippen LogP contribution in [0.2, 0.25) is 0 Å². The lowest BCUT2D eigenvalue weighted by atomic mass is 10.3. The molecule has 0 spiro atoms. The monoisotopic (exact) mass is 365 g/mol. The molecule has 0 aliphatic rings. The van der Waals surface area contributed by atoms with Crippen LogP contribution in [0.3, 0.4) is 0 Å². The van der Waals surface area contributed by atoms with E-state index in [4.69, 9.17) is 0 Å². The first-order valence-corrected chi connectivity index (χ1v) is 8.58. The summed E-state index contributed by atoms with van der Waals surface area (Å²) >= 11 is 1.32. The highest BCUT2D eigenvalue weighted by molar-refractivity contribution is 7.14. The first-order chi connectivity index (χ1) is 12.6. The van der Waals surface area contributed by atoms with Crippen molar-refractivity contribution < 1.29 is 9.59 Å². The van der Waals surface area contributed by atoms with E-state index in [1.54, 1.807) is 17.5 Å². The van der Waals surface area contributed by atoms with Crippen molar-refractivity contribution >= 4 is 40.2 Å². The fourth-order valence-electron chi connectivity index (χ4n) is 2.17. The highest BCUT2D eigenvalue weighted by atomic mass is 32.1. The Kier molecular flexibility index (Phi) is 5.45. The van der Waals surface area contributed by atoms with Gasteiger partial charge in [0.25, 0.3) is 5.91 Å². The molecular weight excluding hydrogens is 350 g/mol. The zero-order chi connectivity index (χ0) is 18.4. The summed E-state index contributed by atoms with van der Waals surface area (Å²) in [5.74, 6) is -0.478. The summed E-state index contributed by atoms with van der Waals surface area (Å²) in [4.78, 5) is 33.7. The number of benzene rings is 1. The molecular formula is C18H15N5O2S. The van der Waals surface area contributed by atoms with Gasteiger partial charge in [-0.2, -0.15) is 5.10 Å². The van der Waals surface area contributed by atoms with Crippen molar-refractivity contribution in [1.29, 1.82) is 0 Å². The molecule has 3 rings (SSSR count). The third-order valence-electron chi connectivity index (χ3n) is 3.34. The van der Waals surface area contributed by atoms with Gasteiger partial charge in [-0.15, -0.1) is 11.3 Å². The maximum atomic E-state index is 12.0. The van der Waals surface area contributed by atoms with E-state index in [0.29, 0.717) is 16.4 Å². The predicted octanol–water partition coefficient (Wildman–Crippen LogP) is 2.99. The van der Waals surface area contributed by atoms with Gasteiger partial charge in [-0.05, 0) is 24.3 Å². The number of hydrogen-bond donors (Lipinski definition) is 1. The third kappa shape index (κ3) is 4.17. The minimum Gasteiger partial charge on any atom is -0.274 e. The van der Waals surface area contributed by atoms with E-state index in [-0.39, 0.29) is 11.8 Å². The summed E-state index contributed by atoms with van der Waals surface area (Å²) in [5, 5.41) is 6.20. The summed E-state index contributed by atoms with van der Waals surface area (Å²) in [6.07, 6.45) is 4.50. The van der Waals surface area contributed by atoms with Crippen molar-refractivity contribution in [1.82, 2.24) is 15.4 Å². The average Bonchev–Trinajstić information content (AvgIpc) is 3.11. The van der Waals surface area contributed by atoms with Crippen LogP contribution in [0.25, 0.3) is 0 Å². The van der Waals surface area contributed by atoms with Crippen LogP contribution in [0.15, 0.2) is 65.3 Å². The van der Waals surface area contributed by atoms with Crippen molar-refractivity contribution in [2.75, 3.05) is 4.90 Å². The lowest BCUT2D eigenvalue weighted by molar-refractivity contribution is -0.115. The van der Waals surface area contributed by atoms with E-state index in [1.165, 1.54) is 41.8 Å². The summed E-state index contributed by atoms with van der Waals surface area (Å²) in [6, 6.07) is 12.5. The van der Waals surface area contributed by atoms with Gasteiger partial charge in [0.1, 0.15) is 0 Å². The summed E-state index contributed by atoms with van der Waals surface area (Å²) < 4.78 is 0. The van der Waals surface area contributed by atoms with Crippen LogP contribution in [0.5, 0.6) is 0 Å². The Morgan fingerprint density at radius 3 is 2.58 bits per heavy atom. The number of carbonyl (C=O) groups excluding carboxylic acids is 2. The second-order valence-corrected chi connectivity index (χ2v) is 6.02. The Labute approximate surface area is 154 Å². The fourth-order valence-corrected chi connectivity index (χ4v) is 3.00. The molecule has 1 N–H and O–H groups in total. The molecule has 0 bridgehead atoms. The molecule has 8 heteroatoms. The van der Waals surface area contributed by atoms with Crippen LogP contribution in [-0.4, -0.2) is 28.0 Å². The highest BCUT2D eigenvalue weighted by Gasteiger charge is 2.17. The van der Waals surface area contributed by atoms with Gasteiger partial charge in [0.2, 0.25) is 5.91 Å². The van der Waals surface area contributed by atoms with E-state index in [0.717, 1.165) is 5.69 Å². The van der Waals surface area contributed by atoms with Gasteiger partial charge in [0, 0.05) is 30.3 Å². The SMILES string of the molecule is CC(=O)N(c1ccccc1)c1nc(/C=N\NC(=O)c2ccncc2)cs1. The zero-order valence-electron chi connectivity index (χ0n) is 13.9. The number of hydrazone groups is 1. The number of nitrogens with zero attached hydrogens (tertiary/aromatic N) is 4. The van der Waals surface area contributed by atoms with Gasteiger partial charge in [-0.1, -0.05) is 18.2 Å². The molecule has 0 aliphatic heterocycles. The number of amides is 2. The van der Waals surface area contributed by atoms with Crippen LogP contribution in [0.4, 0.5) is 10.8 Å². The summed E-state index contributed by atoms with van der Waals surface area (Å²) in [5.41, 5.74) is 4.17. The second-order valence-electron chi connectivity index (χ2n) is 5.18. The average molecular weight is 365 g/mol. The Bertz CT molecular complexity index is 925. The van der Waals surface area contributed by atoms with E-state index in [1.807, 2.05) is 30.3 Å². The molecule has 2 amide bonds. The lowest BCUT2D eigenvalue weighted by Gasteiger charge is -2.17. The zero-order valence-corrected chi connectivity index (χ0v) is 14.7. The first-order valence-electron chi connectivity index (χ1n) is 7.70. The van der Waals surface area contributed by atoms with E-state index in [2.05, 4.69) is 20.5 Å². The molecule has 0 unspecified atom stereocenters. The number of anilines is 2. The van der Waals surface area contributed by atoms with Gasteiger partial charge in [-0.3, -0.25) is 19.5 Å². The molecule has 0 saturated heterocycles. The molecule has 26 heavy (non-hydrogen) atoms.